The third-order valence-corrected chi connectivity index (χ3v) is 6.38. The lowest BCUT2D eigenvalue weighted by Crippen LogP contribution is -2.31. The minimum atomic E-state index is -0.146. The zero-order valence-electron chi connectivity index (χ0n) is 18.1. The van der Waals surface area contributed by atoms with Gasteiger partial charge in [-0.1, -0.05) is 24.6 Å². The molecule has 32 heavy (non-hydrogen) atoms. The molecule has 1 aromatic carbocycles. The maximum atomic E-state index is 12.7. The zero-order valence-corrected chi connectivity index (χ0v) is 18.9. The first kappa shape index (κ1) is 22.1. The highest BCUT2D eigenvalue weighted by Crippen LogP contribution is 2.24. The average molecular weight is 454 g/mol. The van der Waals surface area contributed by atoms with Crippen molar-refractivity contribution in [1.29, 1.82) is 0 Å². The summed E-state index contributed by atoms with van der Waals surface area (Å²) >= 11 is 1.32. The molecule has 1 N–H and O–H groups in total. The monoisotopic (exact) mass is 453 g/mol. The van der Waals surface area contributed by atoms with E-state index >= 15 is 0 Å². The maximum absolute atomic E-state index is 12.7. The summed E-state index contributed by atoms with van der Waals surface area (Å²) in [5.41, 5.74) is 1.32. The molecule has 1 saturated heterocycles. The summed E-state index contributed by atoms with van der Waals surface area (Å²) in [6, 6.07) is 10.7. The predicted molar refractivity (Wildman–Crippen MR) is 124 cm³/mol. The van der Waals surface area contributed by atoms with Crippen LogP contribution in [0.25, 0.3) is 11.6 Å². The molecule has 0 aliphatic carbocycles. The fourth-order valence-corrected chi connectivity index (χ4v) is 4.55. The molecule has 0 saturated carbocycles. The Balaban J connectivity index is 1.32. The van der Waals surface area contributed by atoms with E-state index in [1.165, 1.54) is 24.6 Å². The lowest BCUT2D eigenvalue weighted by Gasteiger charge is -2.20. The van der Waals surface area contributed by atoms with Crippen molar-refractivity contribution >= 4 is 29.3 Å². The number of aromatic nitrogens is 3. The number of carbonyl (C=O) groups is 2. The molecule has 2 aromatic heterocycles. The standard InChI is InChI=1S/C23H27N5O3S/c1-2-28-21(19-8-7-15-31-19)25-26-23(28)32-16-20(29)24-18-11-9-17(10-12-18)22(30)27-13-5-3-4-6-14-27/h7-12,15H,2-6,13-14,16H2,1H3,(H,24,29). The van der Waals surface area contributed by atoms with E-state index in [0.29, 0.717) is 34.5 Å². The Morgan fingerprint density at radius 3 is 2.47 bits per heavy atom. The average Bonchev–Trinajstić information content (AvgIpc) is 3.40. The van der Waals surface area contributed by atoms with Gasteiger partial charge in [0.05, 0.1) is 12.0 Å². The van der Waals surface area contributed by atoms with Crippen LogP contribution in [-0.4, -0.2) is 50.3 Å². The van der Waals surface area contributed by atoms with Crippen LogP contribution in [0.15, 0.2) is 52.2 Å². The molecule has 0 bridgehead atoms. The Hall–Kier alpha value is -3.07. The largest absolute Gasteiger partial charge is 0.461 e. The van der Waals surface area contributed by atoms with Crippen molar-refractivity contribution in [3.05, 3.63) is 48.2 Å². The molecule has 1 fully saturated rings. The highest BCUT2D eigenvalue weighted by atomic mass is 32.2. The summed E-state index contributed by atoms with van der Waals surface area (Å²) in [5, 5.41) is 11.9. The number of benzene rings is 1. The van der Waals surface area contributed by atoms with Crippen LogP contribution in [0.3, 0.4) is 0 Å². The summed E-state index contributed by atoms with van der Waals surface area (Å²) in [7, 11) is 0. The Morgan fingerprint density at radius 2 is 1.81 bits per heavy atom. The number of anilines is 1. The van der Waals surface area contributed by atoms with E-state index in [-0.39, 0.29) is 17.6 Å². The van der Waals surface area contributed by atoms with E-state index in [9.17, 15) is 9.59 Å². The Labute approximate surface area is 191 Å². The molecule has 0 spiro atoms. The first-order valence-corrected chi connectivity index (χ1v) is 11.9. The second kappa shape index (κ2) is 10.5. The second-order valence-electron chi connectivity index (χ2n) is 7.65. The van der Waals surface area contributed by atoms with Gasteiger partial charge in [0.15, 0.2) is 16.7 Å². The number of thioether (sulfide) groups is 1. The second-order valence-corrected chi connectivity index (χ2v) is 8.59. The van der Waals surface area contributed by atoms with Crippen molar-refractivity contribution in [3.63, 3.8) is 0 Å². The molecule has 0 unspecified atom stereocenters. The molecule has 2 amide bonds. The van der Waals surface area contributed by atoms with Crippen LogP contribution in [0.4, 0.5) is 5.69 Å². The first-order valence-electron chi connectivity index (χ1n) is 10.9. The number of amides is 2. The van der Waals surface area contributed by atoms with Gasteiger partial charge in [-0.2, -0.15) is 0 Å². The molecule has 168 valence electrons. The number of likely N-dealkylation sites (tertiary alicyclic amines) is 1. The van der Waals surface area contributed by atoms with E-state index in [2.05, 4.69) is 15.5 Å². The van der Waals surface area contributed by atoms with E-state index < -0.39 is 0 Å². The number of nitrogens with zero attached hydrogens (tertiary/aromatic N) is 4. The molecule has 4 rings (SSSR count). The lowest BCUT2D eigenvalue weighted by atomic mass is 10.1. The zero-order chi connectivity index (χ0) is 22.3. The Kier molecular flexibility index (Phi) is 7.26. The predicted octanol–water partition coefficient (Wildman–Crippen LogP) is 4.31. The van der Waals surface area contributed by atoms with Crippen molar-refractivity contribution < 1.29 is 14.0 Å². The van der Waals surface area contributed by atoms with E-state index in [1.807, 2.05) is 22.5 Å². The molecule has 3 heterocycles. The Bertz CT molecular complexity index is 1040. The number of rotatable bonds is 7. The van der Waals surface area contributed by atoms with Gasteiger partial charge in [0, 0.05) is 30.9 Å². The van der Waals surface area contributed by atoms with Crippen LogP contribution in [0.1, 0.15) is 43.0 Å². The third-order valence-electron chi connectivity index (χ3n) is 5.42. The van der Waals surface area contributed by atoms with Gasteiger partial charge >= 0.3 is 0 Å². The van der Waals surface area contributed by atoms with Crippen molar-refractivity contribution in [2.75, 3.05) is 24.2 Å². The van der Waals surface area contributed by atoms with Crippen LogP contribution < -0.4 is 5.32 Å². The lowest BCUT2D eigenvalue weighted by molar-refractivity contribution is -0.113. The summed E-state index contributed by atoms with van der Waals surface area (Å²) in [6.07, 6.45) is 6.09. The highest BCUT2D eigenvalue weighted by Gasteiger charge is 2.18. The number of hydrogen-bond acceptors (Lipinski definition) is 6. The van der Waals surface area contributed by atoms with Crippen LogP contribution in [0, 0.1) is 0 Å². The van der Waals surface area contributed by atoms with Gasteiger partial charge in [-0.05, 0) is 56.2 Å². The normalized spacial score (nSPS) is 14.2. The number of nitrogens with one attached hydrogen (secondary N) is 1. The summed E-state index contributed by atoms with van der Waals surface area (Å²) in [5.74, 6) is 1.40. The molecular weight excluding hydrogens is 426 g/mol. The van der Waals surface area contributed by atoms with Gasteiger partial charge in [0.1, 0.15) is 0 Å². The number of hydrogen-bond donors (Lipinski definition) is 1. The third kappa shape index (κ3) is 5.21. The molecule has 0 radical (unpaired) electrons. The van der Waals surface area contributed by atoms with Gasteiger partial charge in [0.25, 0.3) is 5.91 Å². The van der Waals surface area contributed by atoms with Gasteiger partial charge < -0.3 is 14.6 Å². The minimum Gasteiger partial charge on any atom is -0.461 e. The van der Waals surface area contributed by atoms with Gasteiger partial charge in [-0.15, -0.1) is 10.2 Å². The van der Waals surface area contributed by atoms with Crippen molar-refractivity contribution in [2.45, 2.75) is 44.3 Å². The molecule has 0 atom stereocenters. The number of furan rings is 1. The Morgan fingerprint density at radius 1 is 1.06 bits per heavy atom. The summed E-state index contributed by atoms with van der Waals surface area (Å²) in [4.78, 5) is 27.1. The van der Waals surface area contributed by atoms with Gasteiger partial charge in [0.2, 0.25) is 5.91 Å². The van der Waals surface area contributed by atoms with Crippen LogP contribution in [0.5, 0.6) is 0 Å². The summed E-state index contributed by atoms with van der Waals surface area (Å²) < 4.78 is 7.33. The number of carbonyl (C=O) groups excluding carboxylic acids is 2. The minimum absolute atomic E-state index is 0.0617. The van der Waals surface area contributed by atoms with E-state index in [1.54, 1.807) is 36.6 Å². The summed E-state index contributed by atoms with van der Waals surface area (Å²) in [6.45, 7) is 4.30. The van der Waals surface area contributed by atoms with Crippen molar-refractivity contribution in [1.82, 2.24) is 19.7 Å². The smallest absolute Gasteiger partial charge is 0.253 e. The van der Waals surface area contributed by atoms with Crippen LogP contribution in [-0.2, 0) is 11.3 Å². The van der Waals surface area contributed by atoms with E-state index in [4.69, 9.17) is 4.42 Å². The molecule has 3 aromatic rings. The molecule has 8 nitrogen and oxygen atoms in total. The van der Waals surface area contributed by atoms with Crippen molar-refractivity contribution in [3.8, 4) is 11.6 Å². The maximum Gasteiger partial charge on any atom is 0.253 e. The van der Waals surface area contributed by atoms with Crippen LogP contribution >= 0.6 is 11.8 Å². The highest BCUT2D eigenvalue weighted by molar-refractivity contribution is 7.99. The fourth-order valence-electron chi connectivity index (χ4n) is 3.75. The molecular formula is C23H27N5O3S. The molecule has 9 heteroatoms. The van der Waals surface area contributed by atoms with Crippen molar-refractivity contribution in [2.24, 2.45) is 0 Å². The molecule has 1 aliphatic rings. The van der Waals surface area contributed by atoms with Gasteiger partial charge in [-0.3, -0.25) is 14.2 Å². The SMILES string of the molecule is CCn1c(SCC(=O)Nc2ccc(C(=O)N3CCCCCC3)cc2)nnc1-c1ccco1. The quantitative estimate of drug-likeness (QED) is 0.536. The van der Waals surface area contributed by atoms with Gasteiger partial charge in [-0.25, -0.2) is 0 Å². The molecule has 1 aliphatic heterocycles. The van der Waals surface area contributed by atoms with Crippen LogP contribution in [0.2, 0.25) is 0 Å². The topological polar surface area (TPSA) is 93.3 Å². The fraction of sp³-hybridized carbons (Fsp3) is 0.391. The van der Waals surface area contributed by atoms with E-state index in [0.717, 1.165) is 25.9 Å². The first-order chi connectivity index (χ1) is 15.7.